The van der Waals surface area contributed by atoms with Crippen molar-refractivity contribution in [3.05, 3.63) is 110 Å². The quantitative estimate of drug-likeness (QED) is 0.355. The fourth-order valence-corrected chi connectivity index (χ4v) is 4.26. The molecular formula is C29H28N4O3. The molecule has 5 aromatic rings. The largest absolute Gasteiger partial charge is 0.337 e. The van der Waals surface area contributed by atoms with E-state index in [1.54, 1.807) is 30.3 Å². The topological polar surface area (TPSA) is 82.9 Å². The van der Waals surface area contributed by atoms with E-state index in [1.807, 2.05) is 38.1 Å². The summed E-state index contributed by atoms with van der Waals surface area (Å²) in [5.41, 5.74) is 4.38. The number of hydrogen-bond acceptors (Lipinski definition) is 5. The zero-order valence-corrected chi connectivity index (χ0v) is 21.1. The molecule has 0 atom stereocenters. The molecule has 0 amide bonds. The minimum Gasteiger partial charge on any atom is -0.337 e. The SMILES string of the molecule is Cc1ccc(-n2c(=O)c3ccccc3n(Cc3nc(-c4ccc(C(C)(C)C)cc4)no3)c2=O)cc1C. The fourth-order valence-electron chi connectivity index (χ4n) is 4.26. The molecule has 0 aliphatic heterocycles. The van der Waals surface area contributed by atoms with E-state index in [9.17, 15) is 9.59 Å². The Kier molecular flexibility index (Phi) is 5.71. The maximum absolute atomic E-state index is 13.6. The van der Waals surface area contributed by atoms with Crippen LogP contribution in [-0.4, -0.2) is 19.3 Å². The van der Waals surface area contributed by atoms with E-state index in [0.717, 1.165) is 16.7 Å². The van der Waals surface area contributed by atoms with Crippen molar-refractivity contribution in [1.82, 2.24) is 19.3 Å². The van der Waals surface area contributed by atoms with E-state index in [0.29, 0.717) is 22.4 Å². The minimum absolute atomic E-state index is 0.0392. The summed E-state index contributed by atoms with van der Waals surface area (Å²) in [7, 11) is 0. The van der Waals surface area contributed by atoms with Gasteiger partial charge in [0.15, 0.2) is 0 Å². The molecule has 2 aromatic heterocycles. The fraction of sp³-hybridized carbons (Fsp3) is 0.241. The molecule has 0 saturated heterocycles. The van der Waals surface area contributed by atoms with Crippen molar-refractivity contribution in [2.24, 2.45) is 0 Å². The zero-order valence-electron chi connectivity index (χ0n) is 21.1. The lowest BCUT2D eigenvalue weighted by atomic mass is 9.87. The summed E-state index contributed by atoms with van der Waals surface area (Å²) < 4.78 is 8.24. The molecule has 0 N–H and O–H groups in total. The number of aryl methyl sites for hydroxylation is 2. The molecular weight excluding hydrogens is 452 g/mol. The van der Waals surface area contributed by atoms with Crippen molar-refractivity contribution >= 4 is 10.9 Å². The first kappa shape index (κ1) is 23.5. The van der Waals surface area contributed by atoms with Crippen LogP contribution in [0.15, 0.2) is 80.8 Å². The molecule has 5 rings (SSSR count). The van der Waals surface area contributed by atoms with Gasteiger partial charge in [-0.25, -0.2) is 9.36 Å². The van der Waals surface area contributed by atoms with Gasteiger partial charge in [-0.3, -0.25) is 9.36 Å². The maximum atomic E-state index is 13.6. The van der Waals surface area contributed by atoms with Crippen molar-refractivity contribution in [2.45, 2.75) is 46.6 Å². The molecule has 0 radical (unpaired) electrons. The normalized spacial score (nSPS) is 11.8. The number of rotatable bonds is 4. The molecule has 36 heavy (non-hydrogen) atoms. The van der Waals surface area contributed by atoms with Crippen molar-refractivity contribution < 1.29 is 4.52 Å². The van der Waals surface area contributed by atoms with Crippen LogP contribution in [0.3, 0.4) is 0 Å². The summed E-state index contributed by atoms with van der Waals surface area (Å²) >= 11 is 0. The van der Waals surface area contributed by atoms with Gasteiger partial charge >= 0.3 is 5.69 Å². The molecule has 7 heteroatoms. The maximum Gasteiger partial charge on any atom is 0.336 e. The van der Waals surface area contributed by atoms with Gasteiger partial charge in [0.25, 0.3) is 5.56 Å². The van der Waals surface area contributed by atoms with Crippen molar-refractivity contribution in [2.75, 3.05) is 0 Å². The number of benzene rings is 3. The lowest BCUT2D eigenvalue weighted by molar-refractivity contribution is 0.370. The van der Waals surface area contributed by atoms with Gasteiger partial charge in [0.2, 0.25) is 11.7 Å². The van der Waals surface area contributed by atoms with Gasteiger partial charge < -0.3 is 4.52 Å². The van der Waals surface area contributed by atoms with E-state index in [-0.39, 0.29) is 23.4 Å². The zero-order chi connectivity index (χ0) is 25.6. The molecule has 0 spiro atoms. The van der Waals surface area contributed by atoms with Crippen LogP contribution in [0.25, 0.3) is 28.0 Å². The highest BCUT2D eigenvalue weighted by atomic mass is 16.5. The highest BCUT2D eigenvalue weighted by molar-refractivity contribution is 5.78. The second-order valence-electron chi connectivity index (χ2n) is 10.1. The Morgan fingerprint density at radius 3 is 2.31 bits per heavy atom. The van der Waals surface area contributed by atoms with E-state index in [1.165, 1.54) is 14.7 Å². The number of aromatic nitrogens is 4. The van der Waals surface area contributed by atoms with Gasteiger partial charge in [-0.1, -0.05) is 68.4 Å². The molecule has 0 saturated carbocycles. The van der Waals surface area contributed by atoms with Crippen molar-refractivity contribution in [1.29, 1.82) is 0 Å². The third-order valence-electron chi connectivity index (χ3n) is 6.57. The van der Waals surface area contributed by atoms with Crippen LogP contribution < -0.4 is 11.2 Å². The van der Waals surface area contributed by atoms with Crippen LogP contribution in [0, 0.1) is 13.8 Å². The molecule has 0 unspecified atom stereocenters. The van der Waals surface area contributed by atoms with Crippen LogP contribution >= 0.6 is 0 Å². The van der Waals surface area contributed by atoms with Gasteiger partial charge in [-0.2, -0.15) is 4.98 Å². The smallest absolute Gasteiger partial charge is 0.336 e. The lowest BCUT2D eigenvalue weighted by Crippen LogP contribution is -2.39. The minimum atomic E-state index is -0.462. The van der Waals surface area contributed by atoms with Gasteiger partial charge in [0, 0.05) is 5.56 Å². The Labute approximate surface area is 208 Å². The van der Waals surface area contributed by atoms with E-state index < -0.39 is 5.69 Å². The molecule has 2 heterocycles. The van der Waals surface area contributed by atoms with Crippen LogP contribution in [0.4, 0.5) is 0 Å². The van der Waals surface area contributed by atoms with Crippen LogP contribution in [0.2, 0.25) is 0 Å². The van der Waals surface area contributed by atoms with Gasteiger partial charge in [-0.15, -0.1) is 0 Å². The van der Waals surface area contributed by atoms with E-state index >= 15 is 0 Å². The van der Waals surface area contributed by atoms with Crippen LogP contribution in [0.5, 0.6) is 0 Å². The highest BCUT2D eigenvalue weighted by Crippen LogP contribution is 2.25. The third-order valence-corrected chi connectivity index (χ3v) is 6.57. The predicted octanol–water partition coefficient (Wildman–Crippen LogP) is 5.17. The second kappa shape index (κ2) is 8.75. The van der Waals surface area contributed by atoms with E-state index in [4.69, 9.17) is 4.52 Å². The predicted molar refractivity (Wildman–Crippen MR) is 141 cm³/mol. The van der Waals surface area contributed by atoms with Crippen LogP contribution in [0.1, 0.15) is 43.4 Å². The third kappa shape index (κ3) is 4.17. The van der Waals surface area contributed by atoms with Gasteiger partial charge in [-0.05, 0) is 60.2 Å². The molecule has 0 aliphatic rings. The Balaban J connectivity index is 1.59. The first-order chi connectivity index (χ1) is 17.1. The van der Waals surface area contributed by atoms with Gasteiger partial charge in [0.05, 0.1) is 16.6 Å². The van der Waals surface area contributed by atoms with Crippen LogP contribution in [-0.2, 0) is 12.0 Å². The average Bonchev–Trinajstić information content (AvgIpc) is 3.32. The standard InChI is InChI=1S/C29H28N4O3/c1-18-10-15-22(16-19(18)2)33-27(34)23-8-6-7-9-24(23)32(28(33)35)17-25-30-26(31-36-25)20-11-13-21(14-12-20)29(3,4)5/h6-16H,17H2,1-5H3. The highest BCUT2D eigenvalue weighted by Gasteiger charge is 2.18. The molecule has 7 nitrogen and oxygen atoms in total. The summed E-state index contributed by atoms with van der Waals surface area (Å²) in [5.74, 6) is 0.729. The molecule has 0 bridgehead atoms. The Hall–Kier alpha value is -4.26. The Morgan fingerprint density at radius 2 is 1.61 bits per heavy atom. The Bertz CT molecular complexity index is 1700. The number of fused-ring (bicyclic) bond motifs is 1. The summed E-state index contributed by atoms with van der Waals surface area (Å²) in [4.78, 5) is 31.5. The Morgan fingerprint density at radius 1 is 0.889 bits per heavy atom. The second-order valence-corrected chi connectivity index (χ2v) is 10.1. The molecule has 0 fully saturated rings. The van der Waals surface area contributed by atoms with Gasteiger partial charge in [0.1, 0.15) is 6.54 Å². The molecule has 3 aromatic carbocycles. The summed E-state index contributed by atoms with van der Waals surface area (Å²) in [6.45, 7) is 10.5. The summed E-state index contributed by atoms with van der Waals surface area (Å²) in [6.07, 6.45) is 0. The number of para-hydroxylation sites is 1. The monoisotopic (exact) mass is 480 g/mol. The van der Waals surface area contributed by atoms with E-state index in [2.05, 4.69) is 43.0 Å². The van der Waals surface area contributed by atoms with Crippen molar-refractivity contribution in [3.8, 4) is 17.1 Å². The molecule has 0 aliphatic carbocycles. The molecule has 182 valence electrons. The summed E-state index contributed by atoms with van der Waals surface area (Å²) in [5, 5.41) is 4.57. The first-order valence-corrected chi connectivity index (χ1v) is 11.9. The number of nitrogens with zero attached hydrogens (tertiary/aromatic N) is 4. The average molecular weight is 481 g/mol. The lowest BCUT2D eigenvalue weighted by Gasteiger charge is -2.18. The number of hydrogen-bond donors (Lipinski definition) is 0. The van der Waals surface area contributed by atoms with Crippen molar-refractivity contribution in [3.63, 3.8) is 0 Å². The first-order valence-electron chi connectivity index (χ1n) is 11.9. The summed E-state index contributed by atoms with van der Waals surface area (Å²) in [6, 6.07) is 20.7.